The zero-order valence-corrected chi connectivity index (χ0v) is 19.3. The van der Waals surface area contributed by atoms with Crippen molar-refractivity contribution in [3.05, 3.63) is 59.7 Å². The average Bonchev–Trinajstić information content (AvgIpc) is 2.79. The first-order chi connectivity index (χ1) is 14.8. The van der Waals surface area contributed by atoms with E-state index in [4.69, 9.17) is 0 Å². The molecule has 2 aromatic carbocycles. The van der Waals surface area contributed by atoms with Crippen molar-refractivity contribution in [1.82, 2.24) is 0 Å². The number of rotatable bonds is 9. The molecule has 0 bridgehead atoms. The number of unbranched alkanes of at least 4 members (excludes halogenated alkanes) is 4. The lowest BCUT2D eigenvalue weighted by atomic mass is 9.80. The first-order valence-electron chi connectivity index (χ1n) is 12.5. The molecule has 3 rings (SSSR count). The van der Waals surface area contributed by atoms with E-state index in [2.05, 4.69) is 74.2 Å². The summed E-state index contributed by atoms with van der Waals surface area (Å²) in [5.41, 5.74) is 5.21. The molecule has 0 N–H and O–H groups in total. The summed E-state index contributed by atoms with van der Waals surface area (Å²) in [4.78, 5) is 0. The van der Waals surface area contributed by atoms with Crippen LogP contribution in [0.2, 0.25) is 0 Å². The van der Waals surface area contributed by atoms with E-state index in [-0.39, 0.29) is 0 Å². The van der Waals surface area contributed by atoms with Gasteiger partial charge >= 0.3 is 0 Å². The fourth-order valence-corrected chi connectivity index (χ4v) is 4.73. The first-order valence-corrected chi connectivity index (χ1v) is 12.5. The van der Waals surface area contributed by atoms with E-state index in [0.717, 1.165) is 11.5 Å². The van der Waals surface area contributed by atoms with Gasteiger partial charge in [0.15, 0.2) is 0 Å². The molecule has 2 aromatic rings. The summed E-state index contributed by atoms with van der Waals surface area (Å²) in [5.74, 6) is 8.55. The van der Waals surface area contributed by atoms with Crippen LogP contribution in [-0.2, 0) is 6.42 Å². The lowest BCUT2D eigenvalue weighted by Gasteiger charge is -2.25. The molecule has 1 aliphatic rings. The van der Waals surface area contributed by atoms with Gasteiger partial charge in [0, 0.05) is 11.5 Å². The lowest BCUT2D eigenvalue weighted by molar-refractivity contribution is 0.300. The fraction of sp³-hybridized carbons (Fsp3) is 0.533. The van der Waals surface area contributed by atoms with Crippen LogP contribution in [0.1, 0.15) is 95.6 Å². The predicted molar refractivity (Wildman–Crippen MR) is 132 cm³/mol. The van der Waals surface area contributed by atoms with Gasteiger partial charge in [-0.25, -0.2) is 0 Å². The molecule has 0 radical (unpaired) electrons. The van der Waals surface area contributed by atoms with Crippen LogP contribution in [0.25, 0.3) is 11.1 Å². The molecule has 0 atom stereocenters. The zero-order chi connectivity index (χ0) is 21.0. The van der Waals surface area contributed by atoms with Crippen molar-refractivity contribution >= 4 is 0 Å². The minimum Gasteiger partial charge on any atom is -0.0945 e. The van der Waals surface area contributed by atoms with Gasteiger partial charge < -0.3 is 0 Å². The summed E-state index contributed by atoms with van der Waals surface area (Å²) in [5, 5.41) is 0. The second kappa shape index (κ2) is 12.6. The molecule has 0 aliphatic heterocycles. The topological polar surface area (TPSA) is 0 Å². The molecular weight excluding hydrogens is 360 g/mol. The van der Waals surface area contributed by atoms with Crippen LogP contribution in [0.4, 0.5) is 0 Å². The summed E-state index contributed by atoms with van der Waals surface area (Å²) in [6.45, 7) is 4.58. The summed E-state index contributed by atoms with van der Waals surface area (Å²) in [6.07, 6.45) is 16.0. The van der Waals surface area contributed by atoms with Crippen LogP contribution in [-0.4, -0.2) is 0 Å². The van der Waals surface area contributed by atoms with Gasteiger partial charge in [-0.15, -0.1) is 0 Å². The summed E-state index contributed by atoms with van der Waals surface area (Å²) >= 11 is 0. The number of aryl methyl sites for hydroxylation is 1. The molecule has 0 aromatic heterocycles. The predicted octanol–water partition coefficient (Wildman–Crippen LogP) is 8.82. The number of hydrogen-bond donors (Lipinski definition) is 0. The molecule has 1 fully saturated rings. The average molecular weight is 401 g/mol. The normalized spacial score (nSPS) is 18.6. The minimum atomic E-state index is 0.604. The maximum atomic E-state index is 3.55. The Morgan fingerprint density at radius 2 is 1.33 bits per heavy atom. The van der Waals surface area contributed by atoms with E-state index in [9.17, 15) is 0 Å². The van der Waals surface area contributed by atoms with E-state index in [1.165, 1.54) is 93.7 Å². The van der Waals surface area contributed by atoms with Gasteiger partial charge in [0.1, 0.15) is 0 Å². The Morgan fingerprint density at radius 3 is 1.97 bits per heavy atom. The van der Waals surface area contributed by atoms with Gasteiger partial charge in [-0.05, 0) is 73.3 Å². The molecular formula is C30H40. The molecule has 1 saturated carbocycles. The van der Waals surface area contributed by atoms with Gasteiger partial charge in [-0.2, -0.15) is 0 Å². The van der Waals surface area contributed by atoms with E-state index >= 15 is 0 Å². The Hall–Kier alpha value is -2.00. The van der Waals surface area contributed by atoms with Crippen LogP contribution < -0.4 is 0 Å². The van der Waals surface area contributed by atoms with E-state index in [1.54, 1.807) is 0 Å². The number of hydrogen-bond acceptors (Lipinski definition) is 0. The van der Waals surface area contributed by atoms with Crippen LogP contribution >= 0.6 is 0 Å². The summed E-state index contributed by atoms with van der Waals surface area (Å²) in [6, 6.07) is 18.0. The Balaban J connectivity index is 1.49. The van der Waals surface area contributed by atoms with Gasteiger partial charge in [-0.1, -0.05) is 101 Å². The third kappa shape index (κ3) is 7.36. The van der Waals surface area contributed by atoms with Crippen molar-refractivity contribution in [2.45, 2.75) is 90.9 Å². The van der Waals surface area contributed by atoms with Crippen LogP contribution in [0.3, 0.4) is 0 Å². The van der Waals surface area contributed by atoms with Crippen molar-refractivity contribution < 1.29 is 0 Å². The highest BCUT2D eigenvalue weighted by Crippen LogP contribution is 2.31. The van der Waals surface area contributed by atoms with Crippen molar-refractivity contribution in [3.63, 3.8) is 0 Å². The highest BCUT2D eigenvalue weighted by atomic mass is 14.2. The Labute approximate surface area is 185 Å². The largest absolute Gasteiger partial charge is 0.0945 e. The van der Waals surface area contributed by atoms with Crippen molar-refractivity contribution in [3.8, 4) is 23.0 Å². The molecule has 1 aliphatic carbocycles. The fourth-order valence-electron chi connectivity index (χ4n) is 4.73. The Kier molecular flexibility index (Phi) is 9.56. The first kappa shape index (κ1) is 22.7. The van der Waals surface area contributed by atoms with Crippen LogP contribution in [0, 0.1) is 23.7 Å². The smallest absolute Gasteiger partial charge is 0.0245 e. The maximum Gasteiger partial charge on any atom is 0.0245 e. The molecule has 0 nitrogen and oxygen atoms in total. The maximum absolute atomic E-state index is 3.55. The number of benzene rings is 2. The summed E-state index contributed by atoms with van der Waals surface area (Å²) in [7, 11) is 0. The molecule has 0 spiro atoms. The standard InChI is InChI=1S/C30H40/c1-3-5-6-7-8-10-26-17-21-29(22-18-26)30-23-19-28(20-24-30)16-15-27-13-11-25(9-4-2)12-14-27/h17-25,27H,3-14H2,1-2H3. The van der Waals surface area contributed by atoms with Gasteiger partial charge in [-0.3, -0.25) is 0 Å². The monoisotopic (exact) mass is 400 g/mol. The van der Waals surface area contributed by atoms with Crippen LogP contribution in [0.5, 0.6) is 0 Å². The van der Waals surface area contributed by atoms with Gasteiger partial charge in [0.05, 0.1) is 0 Å². The van der Waals surface area contributed by atoms with E-state index < -0.39 is 0 Å². The molecule has 0 heterocycles. The second-order valence-corrected chi connectivity index (χ2v) is 9.21. The van der Waals surface area contributed by atoms with Gasteiger partial charge in [0.25, 0.3) is 0 Å². The van der Waals surface area contributed by atoms with Crippen molar-refractivity contribution in [1.29, 1.82) is 0 Å². The van der Waals surface area contributed by atoms with Gasteiger partial charge in [0.2, 0.25) is 0 Å². The third-order valence-electron chi connectivity index (χ3n) is 6.71. The van der Waals surface area contributed by atoms with Crippen molar-refractivity contribution in [2.24, 2.45) is 11.8 Å². The van der Waals surface area contributed by atoms with Crippen molar-refractivity contribution in [2.75, 3.05) is 0 Å². The molecule has 0 unspecified atom stereocenters. The van der Waals surface area contributed by atoms with E-state index in [1.807, 2.05) is 0 Å². The lowest BCUT2D eigenvalue weighted by Crippen LogP contribution is -2.13. The zero-order valence-electron chi connectivity index (χ0n) is 19.3. The molecule has 0 heteroatoms. The Morgan fingerprint density at radius 1 is 0.700 bits per heavy atom. The molecule has 160 valence electrons. The van der Waals surface area contributed by atoms with E-state index in [0.29, 0.717) is 5.92 Å². The Bertz CT molecular complexity index is 777. The molecule has 30 heavy (non-hydrogen) atoms. The van der Waals surface area contributed by atoms with Crippen LogP contribution in [0.15, 0.2) is 48.5 Å². The SMILES string of the molecule is CCCCCCCc1ccc(-c2ccc(C#CC3CCC(CCC)CC3)cc2)cc1. The second-order valence-electron chi connectivity index (χ2n) is 9.21. The minimum absolute atomic E-state index is 0.604. The third-order valence-corrected chi connectivity index (χ3v) is 6.71. The summed E-state index contributed by atoms with van der Waals surface area (Å²) < 4.78 is 0. The molecule has 0 amide bonds. The highest BCUT2D eigenvalue weighted by Gasteiger charge is 2.18. The molecule has 0 saturated heterocycles. The quantitative estimate of drug-likeness (QED) is 0.291. The highest BCUT2D eigenvalue weighted by molar-refractivity contribution is 5.64.